The molecule has 0 saturated heterocycles. The van der Waals surface area contributed by atoms with E-state index in [4.69, 9.17) is 4.74 Å². The molecule has 0 amide bonds. The summed E-state index contributed by atoms with van der Waals surface area (Å²) in [5, 5.41) is 23.0. The number of benzene rings is 4. The van der Waals surface area contributed by atoms with Gasteiger partial charge >= 0.3 is 0 Å². The zero-order valence-electron chi connectivity index (χ0n) is 17.4. The van der Waals surface area contributed by atoms with Crippen LogP contribution in [0.25, 0.3) is 22.3 Å². The average Bonchev–Trinajstić information content (AvgIpc) is 2.79. The molecule has 4 aromatic rings. The van der Waals surface area contributed by atoms with Crippen LogP contribution in [-0.2, 0) is 0 Å². The highest BCUT2D eigenvalue weighted by Crippen LogP contribution is 2.44. The Morgan fingerprint density at radius 2 is 0.914 bits per heavy atom. The monoisotopic (exact) mass is 724 g/mol. The lowest BCUT2D eigenvalue weighted by Gasteiger charge is -2.16. The minimum atomic E-state index is -0.521. The van der Waals surface area contributed by atoms with Gasteiger partial charge in [-0.2, -0.15) is 0 Å². The fourth-order valence-corrected chi connectivity index (χ4v) is 5.92. The van der Waals surface area contributed by atoms with E-state index < -0.39 is 9.85 Å². The summed E-state index contributed by atoms with van der Waals surface area (Å²) in [5.74, 6) is 0.356. The van der Waals surface area contributed by atoms with Gasteiger partial charge in [-0.15, -0.1) is 0 Å². The molecule has 35 heavy (non-hydrogen) atoms. The Labute approximate surface area is 232 Å². The van der Waals surface area contributed by atoms with Gasteiger partial charge in [0.25, 0.3) is 11.4 Å². The molecule has 0 radical (unpaired) electrons. The fourth-order valence-electron chi connectivity index (χ4n) is 3.40. The maximum Gasteiger partial charge on any atom is 0.273 e. The second kappa shape index (κ2) is 10.6. The Morgan fingerprint density at radius 1 is 0.543 bits per heavy atom. The molecule has 0 atom stereocenters. The molecule has 0 aliphatic rings. The molecule has 0 heterocycles. The quantitative estimate of drug-likeness (QED) is 0.146. The van der Waals surface area contributed by atoms with Crippen LogP contribution in [-0.4, -0.2) is 9.85 Å². The van der Waals surface area contributed by atoms with E-state index >= 15 is 0 Å². The SMILES string of the molecule is O=[N+]([O-])c1ccc(-c2ccc(Br)cc2Br)c(Oc2cc([N+](=O)[O-])ccc2-c2ccc(Br)cc2Br)c1. The lowest BCUT2D eigenvalue weighted by atomic mass is 10.0. The Bertz CT molecular complexity index is 1380. The third kappa shape index (κ3) is 5.64. The maximum absolute atomic E-state index is 11.5. The zero-order valence-corrected chi connectivity index (χ0v) is 23.7. The Balaban J connectivity index is 1.93. The summed E-state index contributed by atoms with van der Waals surface area (Å²) in [6, 6.07) is 19.6. The molecule has 0 spiro atoms. The van der Waals surface area contributed by atoms with Crippen LogP contribution >= 0.6 is 63.7 Å². The summed E-state index contributed by atoms with van der Waals surface area (Å²) in [6.45, 7) is 0. The first-order chi connectivity index (χ1) is 16.6. The summed E-state index contributed by atoms with van der Waals surface area (Å²) in [6.07, 6.45) is 0. The van der Waals surface area contributed by atoms with E-state index in [2.05, 4.69) is 63.7 Å². The molecule has 176 valence electrons. The number of hydrogen-bond donors (Lipinski definition) is 0. The minimum absolute atomic E-state index is 0.172. The van der Waals surface area contributed by atoms with Crippen LogP contribution in [0.5, 0.6) is 11.5 Å². The van der Waals surface area contributed by atoms with Crippen molar-refractivity contribution in [1.29, 1.82) is 0 Å². The third-order valence-electron chi connectivity index (χ3n) is 5.01. The molecule has 0 aliphatic carbocycles. The summed E-state index contributed by atoms with van der Waals surface area (Å²) < 4.78 is 9.39. The molecule has 11 heteroatoms. The molecular formula is C24H12Br4N2O5. The molecule has 0 aliphatic heterocycles. The number of ether oxygens (including phenoxy) is 1. The van der Waals surface area contributed by atoms with E-state index in [9.17, 15) is 20.2 Å². The predicted molar refractivity (Wildman–Crippen MR) is 148 cm³/mol. The fraction of sp³-hybridized carbons (Fsp3) is 0. The number of non-ortho nitro benzene ring substituents is 2. The van der Waals surface area contributed by atoms with Gasteiger partial charge in [-0.1, -0.05) is 75.9 Å². The van der Waals surface area contributed by atoms with E-state index in [1.165, 1.54) is 24.3 Å². The van der Waals surface area contributed by atoms with Crippen LogP contribution in [0.1, 0.15) is 0 Å². The highest BCUT2D eigenvalue weighted by atomic mass is 79.9. The van der Waals surface area contributed by atoms with E-state index in [0.29, 0.717) is 11.1 Å². The molecule has 4 aromatic carbocycles. The minimum Gasteiger partial charge on any atom is -0.456 e. The van der Waals surface area contributed by atoms with Gasteiger partial charge in [0.1, 0.15) is 11.5 Å². The summed E-state index contributed by atoms with van der Waals surface area (Å²) >= 11 is 13.9. The van der Waals surface area contributed by atoms with Crippen LogP contribution in [0.2, 0.25) is 0 Å². The topological polar surface area (TPSA) is 95.5 Å². The van der Waals surface area contributed by atoms with E-state index in [1.54, 1.807) is 12.1 Å². The number of hydrogen-bond acceptors (Lipinski definition) is 5. The number of nitro benzene ring substituents is 2. The van der Waals surface area contributed by atoms with Crippen molar-refractivity contribution >= 4 is 75.1 Å². The van der Waals surface area contributed by atoms with Crippen LogP contribution in [0.4, 0.5) is 11.4 Å². The highest BCUT2D eigenvalue weighted by Gasteiger charge is 2.20. The smallest absolute Gasteiger partial charge is 0.273 e. The Hall–Kier alpha value is -2.60. The van der Waals surface area contributed by atoms with Gasteiger partial charge in [-0.05, 0) is 47.5 Å². The van der Waals surface area contributed by atoms with Crippen molar-refractivity contribution in [1.82, 2.24) is 0 Å². The first-order valence-electron chi connectivity index (χ1n) is 9.79. The molecule has 0 saturated carbocycles. The van der Waals surface area contributed by atoms with Gasteiger partial charge in [0.15, 0.2) is 0 Å². The van der Waals surface area contributed by atoms with Gasteiger partial charge in [-0.3, -0.25) is 20.2 Å². The molecular weight excluding hydrogens is 716 g/mol. The van der Waals surface area contributed by atoms with Gasteiger partial charge in [-0.25, -0.2) is 0 Å². The van der Waals surface area contributed by atoms with E-state index in [0.717, 1.165) is 29.0 Å². The summed E-state index contributed by atoms with van der Waals surface area (Å²) in [4.78, 5) is 22.0. The Kier molecular flexibility index (Phi) is 7.70. The van der Waals surface area contributed by atoms with Gasteiger partial charge in [0.05, 0.1) is 22.0 Å². The van der Waals surface area contributed by atoms with Crippen molar-refractivity contribution in [3.05, 3.63) is 111 Å². The molecule has 0 aromatic heterocycles. The molecule has 4 rings (SSSR count). The number of halogens is 4. The van der Waals surface area contributed by atoms with Crippen molar-refractivity contribution in [2.24, 2.45) is 0 Å². The molecule has 0 bridgehead atoms. The van der Waals surface area contributed by atoms with Crippen LogP contribution in [0, 0.1) is 20.2 Å². The first-order valence-corrected chi connectivity index (χ1v) is 13.0. The summed E-state index contributed by atoms with van der Waals surface area (Å²) in [5.41, 5.74) is 2.26. The van der Waals surface area contributed by atoms with E-state index in [-0.39, 0.29) is 22.9 Å². The third-order valence-corrected chi connectivity index (χ3v) is 7.31. The van der Waals surface area contributed by atoms with Crippen LogP contribution in [0.3, 0.4) is 0 Å². The Morgan fingerprint density at radius 3 is 1.26 bits per heavy atom. The van der Waals surface area contributed by atoms with Gasteiger partial charge < -0.3 is 4.74 Å². The molecule has 0 N–H and O–H groups in total. The lowest BCUT2D eigenvalue weighted by Crippen LogP contribution is -1.96. The van der Waals surface area contributed by atoms with Gasteiger partial charge in [0, 0.05) is 41.2 Å². The molecule has 0 unspecified atom stereocenters. The standard InChI is InChI=1S/C24H12Br4N2O5/c25-13-1-5-17(21(27)9-13)19-7-3-15(29(31)32)11-23(19)35-24-12-16(30(33)34)4-8-20(24)18-6-2-14(26)10-22(18)28/h1-12H. The molecule has 0 fully saturated rings. The van der Waals surface area contributed by atoms with Crippen molar-refractivity contribution in [3.8, 4) is 33.8 Å². The van der Waals surface area contributed by atoms with Gasteiger partial charge in [0.2, 0.25) is 0 Å². The predicted octanol–water partition coefficient (Wildman–Crippen LogP) is 9.68. The summed E-state index contributed by atoms with van der Waals surface area (Å²) in [7, 11) is 0. The largest absolute Gasteiger partial charge is 0.456 e. The zero-order chi connectivity index (χ0) is 25.3. The van der Waals surface area contributed by atoms with Crippen LogP contribution in [0.15, 0.2) is 90.7 Å². The second-order valence-corrected chi connectivity index (χ2v) is 10.8. The van der Waals surface area contributed by atoms with Crippen LogP contribution < -0.4 is 4.74 Å². The van der Waals surface area contributed by atoms with Crippen molar-refractivity contribution in [2.45, 2.75) is 0 Å². The lowest BCUT2D eigenvalue weighted by molar-refractivity contribution is -0.384. The number of nitrogens with zero attached hydrogens (tertiary/aromatic N) is 2. The first kappa shape index (κ1) is 25.5. The normalized spacial score (nSPS) is 10.7. The second-order valence-electron chi connectivity index (χ2n) is 7.23. The molecule has 7 nitrogen and oxygen atoms in total. The van der Waals surface area contributed by atoms with Crippen molar-refractivity contribution in [3.63, 3.8) is 0 Å². The number of rotatable bonds is 6. The maximum atomic E-state index is 11.5. The highest BCUT2D eigenvalue weighted by molar-refractivity contribution is 9.11. The van der Waals surface area contributed by atoms with E-state index in [1.807, 2.05) is 36.4 Å². The number of nitro groups is 2. The average molecular weight is 728 g/mol. The van der Waals surface area contributed by atoms with Crippen molar-refractivity contribution < 1.29 is 14.6 Å². The van der Waals surface area contributed by atoms with Crippen molar-refractivity contribution in [2.75, 3.05) is 0 Å².